The number of halogens is 3. The fourth-order valence-corrected chi connectivity index (χ4v) is 3.34. The van der Waals surface area contributed by atoms with Gasteiger partial charge in [-0.2, -0.15) is 13.2 Å². The van der Waals surface area contributed by atoms with Crippen LogP contribution in [0.4, 0.5) is 13.2 Å². The Bertz CT molecular complexity index is 723. The van der Waals surface area contributed by atoms with Crippen molar-refractivity contribution in [1.29, 1.82) is 0 Å². The van der Waals surface area contributed by atoms with Crippen molar-refractivity contribution in [3.63, 3.8) is 0 Å². The third kappa shape index (κ3) is 4.27. The Morgan fingerprint density at radius 2 is 1.96 bits per heavy atom. The van der Waals surface area contributed by atoms with Gasteiger partial charge in [-0.1, -0.05) is 6.42 Å². The van der Waals surface area contributed by atoms with Crippen LogP contribution in [0.25, 0.3) is 11.5 Å². The van der Waals surface area contributed by atoms with Crippen molar-refractivity contribution in [2.75, 3.05) is 20.3 Å². The molecule has 1 atom stereocenters. The van der Waals surface area contributed by atoms with E-state index in [9.17, 15) is 13.2 Å². The molecule has 3 rings (SSSR count). The Kier molecular flexibility index (Phi) is 5.67. The molecule has 0 N–H and O–H groups in total. The van der Waals surface area contributed by atoms with E-state index < -0.39 is 11.7 Å². The zero-order chi connectivity index (χ0) is 18.7. The fourth-order valence-electron chi connectivity index (χ4n) is 3.34. The average molecular weight is 368 g/mol. The van der Waals surface area contributed by atoms with E-state index in [0.717, 1.165) is 37.2 Å². The lowest BCUT2D eigenvalue weighted by atomic mass is 10.0. The van der Waals surface area contributed by atoms with Gasteiger partial charge in [0, 0.05) is 25.3 Å². The van der Waals surface area contributed by atoms with Gasteiger partial charge in [0.25, 0.3) is 0 Å². The number of methoxy groups -OCH3 is 1. The lowest BCUT2D eigenvalue weighted by Crippen LogP contribution is -2.41. The van der Waals surface area contributed by atoms with Gasteiger partial charge in [-0.25, -0.2) is 4.98 Å². The molecule has 0 aliphatic carbocycles. The second kappa shape index (κ2) is 7.80. The first-order valence-corrected chi connectivity index (χ1v) is 8.75. The zero-order valence-corrected chi connectivity index (χ0v) is 15.0. The summed E-state index contributed by atoms with van der Waals surface area (Å²) in [7, 11) is 1.71. The molecule has 1 aliphatic heterocycles. The van der Waals surface area contributed by atoms with E-state index in [1.165, 1.54) is 18.6 Å². The van der Waals surface area contributed by atoms with Crippen molar-refractivity contribution in [2.24, 2.45) is 0 Å². The molecular weight excluding hydrogens is 345 g/mol. The summed E-state index contributed by atoms with van der Waals surface area (Å²) in [6, 6.07) is 5.25. The predicted octanol–water partition coefficient (Wildman–Crippen LogP) is 4.67. The number of hydrogen-bond donors (Lipinski definition) is 0. The highest BCUT2D eigenvalue weighted by atomic mass is 19.4. The fraction of sp³-hybridized carbons (Fsp3) is 0.526. The van der Waals surface area contributed by atoms with Gasteiger partial charge in [-0.15, -0.1) is 0 Å². The van der Waals surface area contributed by atoms with E-state index in [0.29, 0.717) is 36.4 Å². The maximum Gasteiger partial charge on any atom is 0.416 e. The first-order chi connectivity index (χ1) is 12.4. The van der Waals surface area contributed by atoms with Crippen molar-refractivity contribution < 1.29 is 22.3 Å². The van der Waals surface area contributed by atoms with Gasteiger partial charge in [0.1, 0.15) is 5.76 Å². The van der Waals surface area contributed by atoms with Crippen molar-refractivity contribution in [2.45, 2.75) is 44.9 Å². The normalized spacial score (nSPS) is 19.0. The monoisotopic (exact) mass is 368 g/mol. The molecule has 2 aromatic rings. The lowest BCUT2D eigenvalue weighted by Gasteiger charge is -2.34. The van der Waals surface area contributed by atoms with Crippen LogP contribution in [0, 0.1) is 6.92 Å². The summed E-state index contributed by atoms with van der Waals surface area (Å²) in [5, 5.41) is 0. The summed E-state index contributed by atoms with van der Waals surface area (Å²) in [4.78, 5) is 6.87. The van der Waals surface area contributed by atoms with Gasteiger partial charge in [0.15, 0.2) is 0 Å². The molecule has 0 spiro atoms. The van der Waals surface area contributed by atoms with Crippen LogP contribution in [0.1, 0.15) is 36.3 Å². The molecule has 2 heterocycles. The topological polar surface area (TPSA) is 38.5 Å². The number of nitrogens with zero attached hydrogens (tertiary/aromatic N) is 2. The van der Waals surface area contributed by atoms with Crippen LogP contribution in [0.2, 0.25) is 0 Å². The molecule has 0 saturated carbocycles. The SMILES string of the molecule is COCC1CCCCN1Cc1nc(-c2ccc(C(F)(F)F)cc2)oc1C. The third-order valence-electron chi connectivity index (χ3n) is 4.81. The molecular formula is C19H23F3N2O2. The average Bonchev–Trinajstić information content (AvgIpc) is 2.97. The van der Waals surface area contributed by atoms with Crippen LogP contribution in [-0.2, 0) is 17.5 Å². The van der Waals surface area contributed by atoms with Crippen molar-refractivity contribution in [3.05, 3.63) is 41.3 Å². The van der Waals surface area contributed by atoms with Crippen LogP contribution >= 0.6 is 0 Å². The van der Waals surface area contributed by atoms with Gasteiger partial charge in [-0.3, -0.25) is 4.90 Å². The van der Waals surface area contributed by atoms with Gasteiger partial charge < -0.3 is 9.15 Å². The summed E-state index contributed by atoms with van der Waals surface area (Å²) in [5.74, 6) is 1.05. The minimum Gasteiger partial charge on any atom is -0.441 e. The zero-order valence-electron chi connectivity index (χ0n) is 15.0. The molecule has 26 heavy (non-hydrogen) atoms. The Morgan fingerprint density at radius 3 is 2.62 bits per heavy atom. The highest BCUT2D eigenvalue weighted by Crippen LogP contribution is 2.31. The molecule has 1 unspecified atom stereocenters. The van der Waals surface area contributed by atoms with E-state index >= 15 is 0 Å². The molecule has 7 heteroatoms. The van der Waals surface area contributed by atoms with Gasteiger partial charge in [-0.05, 0) is 50.6 Å². The summed E-state index contributed by atoms with van der Waals surface area (Å²) < 4.78 is 49.1. The molecule has 1 aromatic carbocycles. The number of alkyl halides is 3. The van der Waals surface area contributed by atoms with E-state index in [1.807, 2.05) is 6.92 Å². The maximum absolute atomic E-state index is 12.7. The maximum atomic E-state index is 12.7. The van der Waals surface area contributed by atoms with Gasteiger partial charge in [0.2, 0.25) is 5.89 Å². The summed E-state index contributed by atoms with van der Waals surface area (Å²) >= 11 is 0. The molecule has 1 aromatic heterocycles. The molecule has 1 fully saturated rings. The number of piperidine rings is 1. The Morgan fingerprint density at radius 1 is 1.23 bits per heavy atom. The van der Waals surface area contributed by atoms with Crippen LogP contribution in [-0.4, -0.2) is 36.2 Å². The number of hydrogen-bond acceptors (Lipinski definition) is 4. The predicted molar refractivity (Wildman–Crippen MR) is 91.6 cm³/mol. The van der Waals surface area contributed by atoms with Crippen LogP contribution in [0.15, 0.2) is 28.7 Å². The summed E-state index contributed by atoms with van der Waals surface area (Å²) in [6.45, 7) is 4.16. The van der Waals surface area contributed by atoms with Gasteiger partial charge >= 0.3 is 6.18 Å². The van der Waals surface area contributed by atoms with E-state index in [2.05, 4.69) is 9.88 Å². The number of ether oxygens (including phenoxy) is 1. The molecule has 1 aliphatic rings. The molecule has 4 nitrogen and oxygen atoms in total. The number of aromatic nitrogens is 1. The number of oxazole rings is 1. The smallest absolute Gasteiger partial charge is 0.416 e. The van der Waals surface area contributed by atoms with Crippen LogP contribution in [0.3, 0.4) is 0 Å². The second-order valence-corrected chi connectivity index (χ2v) is 6.67. The molecule has 0 radical (unpaired) electrons. The summed E-state index contributed by atoms with van der Waals surface area (Å²) in [6.07, 6.45) is -0.917. The van der Waals surface area contributed by atoms with Crippen molar-refractivity contribution in [3.8, 4) is 11.5 Å². The molecule has 0 amide bonds. The van der Waals surface area contributed by atoms with E-state index in [1.54, 1.807) is 7.11 Å². The quantitative estimate of drug-likeness (QED) is 0.769. The highest BCUT2D eigenvalue weighted by Gasteiger charge is 2.30. The van der Waals surface area contributed by atoms with E-state index in [4.69, 9.17) is 9.15 Å². The first kappa shape index (κ1) is 18.9. The number of likely N-dealkylation sites (tertiary alicyclic amines) is 1. The van der Waals surface area contributed by atoms with Crippen molar-refractivity contribution >= 4 is 0 Å². The molecule has 142 valence electrons. The summed E-state index contributed by atoms with van der Waals surface area (Å²) in [5.41, 5.74) is 0.683. The number of aryl methyl sites for hydroxylation is 1. The van der Waals surface area contributed by atoms with Crippen molar-refractivity contribution in [1.82, 2.24) is 9.88 Å². The first-order valence-electron chi connectivity index (χ1n) is 8.75. The lowest BCUT2D eigenvalue weighted by molar-refractivity contribution is -0.137. The van der Waals surface area contributed by atoms with Crippen LogP contribution in [0.5, 0.6) is 0 Å². The number of rotatable bonds is 5. The molecule has 1 saturated heterocycles. The Labute approximate surface area is 151 Å². The second-order valence-electron chi connectivity index (χ2n) is 6.67. The highest BCUT2D eigenvalue weighted by molar-refractivity contribution is 5.54. The Hall–Kier alpha value is -1.86. The third-order valence-corrected chi connectivity index (χ3v) is 4.81. The number of benzene rings is 1. The Balaban J connectivity index is 1.76. The minimum atomic E-state index is -4.35. The molecule has 0 bridgehead atoms. The van der Waals surface area contributed by atoms with E-state index in [-0.39, 0.29) is 0 Å². The van der Waals surface area contributed by atoms with Gasteiger partial charge in [0.05, 0.1) is 17.9 Å². The minimum absolute atomic E-state index is 0.353. The standard InChI is InChI=1S/C19H23F3N2O2/c1-13-17(11-24-10-4-3-5-16(24)12-25-2)23-18(26-13)14-6-8-15(9-7-14)19(20,21)22/h6-9,16H,3-5,10-12H2,1-2H3. The van der Waals surface area contributed by atoms with Crippen LogP contribution < -0.4 is 0 Å². The largest absolute Gasteiger partial charge is 0.441 e.